The van der Waals surface area contributed by atoms with Crippen LogP contribution in [0.1, 0.15) is 12.8 Å². The minimum atomic E-state index is 0.998. The van der Waals surface area contributed by atoms with E-state index in [1.54, 1.807) is 0 Å². The number of thiol groups is 1. The van der Waals surface area contributed by atoms with Crippen LogP contribution in [-0.4, -0.2) is 5.75 Å². The Balaban J connectivity index is 2.00. The van der Waals surface area contributed by atoms with E-state index >= 15 is 0 Å². The molecule has 0 amide bonds. The molecule has 0 radical (unpaired) electrons. The first-order chi connectivity index (χ1) is 2.43. The first-order valence-corrected chi connectivity index (χ1v) is 2.67. The largest absolute Gasteiger partial charge is 0.179 e. The first-order valence-electron chi connectivity index (χ1n) is 2.04. The highest BCUT2D eigenvalue weighted by Crippen LogP contribution is 2.29. The lowest BCUT2D eigenvalue weighted by molar-refractivity contribution is 1.01. The van der Waals surface area contributed by atoms with Gasteiger partial charge in [-0.2, -0.15) is 12.6 Å². The molecule has 0 aromatic carbocycles. The fourth-order valence-corrected chi connectivity index (χ4v) is 0.666. The van der Waals surface area contributed by atoms with Crippen molar-refractivity contribution < 1.29 is 0 Å². The summed E-state index contributed by atoms with van der Waals surface area (Å²) in [4.78, 5) is 0. The standard InChI is InChI=1S/C4H8S/c5-3-4-1-2-4/h4-5H,1-3H2. The van der Waals surface area contributed by atoms with E-state index in [-0.39, 0.29) is 0 Å². The quantitative estimate of drug-likeness (QED) is 0.459. The van der Waals surface area contributed by atoms with Crippen molar-refractivity contribution >= 4 is 12.6 Å². The minimum absolute atomic E-state index is 0.998. The Bertz CT molecular complexity index is 30.6. The van der Waals surface area contributed by atoms with Crippen molar-refractivity contribution in [1.29, 1.82) is 0 Å². The predicted octanol–water partition coefficient (Wildman–Crippen LogP) is 1.33. The highest BCUT2D eigenvalue weighted by atomic mass is 32.1. The third-order valence-electron chi connectivity index (χ3n) is 0.955. The van der Waals surface area contributed by atoms with Crippen molar-refractivity contribution in [2.24, 2.45) is 5.92 Å². The molecule has 0 aromatic rings. The molecular weight excluding hydrogens is 80.1 g/mol. The monoisotopic (exact) mass is 88.0 g/mol. The Kier molecular flexibility index (Phi) is 0.856. The van der Waals surface area contributed by atoms with Crippen LogP contribution in [-0.2, 0) is 0 Å². The van der Waals surface area contributed by atoms with Gasteiger partial charge in [0.15, 0.2) is 0 Å². The van der Waals surface area contributed by atoms with E-state index in [0.29, 0.717) is 0 Å². The molecule has 0 unspecified atom stereocenters. The molecule has 1 saturated carbocycles. The molecule has 0 N–H and O–H groups in total. The molecule has 0 spiro atoms. The van der Waals surface area contributed by atoms with Crippen LogP contribution in [0.4, 0.5) is 0 Å². The summed E-state index contributed by atoms with van der Waals surface area (Å²) in [5, 5.41) is 0. The first kappa shape index (κ1) is 3.54. The van der Waals surface area contributed by atoms with Crippen molar-refractivity contribution in [3.05, 3.63) is 0 Å². The molecule has 0 nitrogen and oxygen atoms in total. The van der Waals surface area contributed by atoms with E-state index in [4.69, 9.17) is 0 Å². The van der Waals surface area contributed by atoms with Gasteiger partial charge in [0.25, 0.3) is 0 Å². The average molecular weight is 88.2 g/mol. The molecule has 1 fully saturated rings. The van der Waals surface area contributed by atoms with E-state index in [0.717, 1.165) is 11.7 Å². The van der Waals surface area contributed by atoms with E-state index in [2.05, 4.69) is 12.6 Å². The predicted molar refractivity (Wildman–Crippen MR) is 26.6 cm³/mol. The van der Waals surface area contributed by atoms with Gasteiger partial charge in [-0.3, -0.25) is 0 Å². The maximum Gasteiger partial charge on any atom is -0.00695 e. The van der Waals surface area contributed by atoms with Gasteiger partial charge >= 0.3 is 0 Å². The fraction of sp³-hybridized carbons (Fsp3) is 1.00. The van der Waals surface area contributed by atoms with E-state index in [1.165, 1.54) is 12.8 Å². The molecule has 5 heavy (non-hydrogen) atoms. The van der Waals surface area contributed by atoms with E-state index < -0.39 is 0 Å². The second-order valence-electron chi connectivity index (χ2n) is 1.63. The van der Waals surface area contributed by atoms with Gasteiger partial charge in [0, 0.05) is 0 Å². The SMILES string of the molecule is SCC1CC1. The smallest absolute Gasteiger partial charge is 0.00695 e. The van der Waals surface area contributed by atoms with Crippen molar-refractivity contribution in [1.82, 2.24) is 0 Å². The summed E-state index contributed by atoms with van der Waals surface area (Å²) in [6.45, 7) is 0. The van der Waals surface area contributed by atoms with Gasteiger partial charge in [-0.1, -0.05) is 0 Å². The summed E-state index contributed by atoms with van der Waals surface area (Å²) < 4.78 is 0. The van der Waals surface area contributed by atoms with Crippen LogP contribution in [0.25, 0.3) is 0 Å². The van der Waals surface area contributed by atoms with Gasteiger partial charge in [-0.25, -0.2) is 0 Å². The molecule has 0 aliphatic heterocycles. The van der Waals surface area contributed by atoms with E-state index in [1.807, 2.05) is 0 Å². The third kappa shape index (κ3) is 0.839. The second-order valence-corrected chi connectivity index (χ2v) is 1.99. The van der Waals surface area contributed by atoms with Crippen LogP contribution in [0.15, 0.2) is 0 Å². The van der Waals surface area contributed by atoms with Crippen molar-refractivity contribution in [3.8, 4) is 0 Å². The van der Waals surface area contributed by atoms with Gasteiger partial charge in [-0.05, 0) is 24.5 Å². The Morgan fingerprint density at radius 3 is 2.20 bits per heavy atom. The summed E-state index contributed by atoms with van der Waals surface area (Å²) in [5.74, 6) is 2.11. The molecular formula is C4H8S. The summed E-state index contributed by atoms with van der Waals surface area (Å²) in [6, 6.07) is 0. The summed E-state index contributed by atoms with van der Waals surface area (Å²) in [6.07, 6.45) is 2.87. The molecule has 1 aliphatic carbocycles. The molecule has 0 saturated heterocycles. The third-order valence-corrected chi connectivity index (χ3v) is 1.47. The highest BCUT2D eigenvalue weighted by Gasteiger charge is 2.17. The van der Waals surface area contributed by atoms with Crippen molar-refractivity contribution in [3.63, 3.8) is 0 Å². The Hall–Kier alpha value is 0.350. The van der Waals surface area contributed by atoms with Gasteiger partial charge < -0.3 is 0 Å². The van der Waals surface area contributed by atoms with Crippen LogP contribution in [0.3, 0.4) is 0 Å². The fourth-order valence-electron chi connectivity index (χ4n) is 0.300. The molecule has 0 heterocycles. The summed E-state index contributed by atoms with van der Waals surface area (Å²) in [5.41, 5.74) is 0. The number of hydrogen-bond donors (Lipinski definition) is 1. The molecule has 0 atom stereocenters. The summed E-state index contributed by atoms with van der Waals surface area (Å²) >= 11 is 4.08. The Morgan fingerprint density at radius 2 is 2.20 bits per heavy atom. The number of rotatable bonds is 1. The lowest BCUT2D eigenvalue weighted by Gasteiger charge is -1.72. The van der Waals surface area contributed by atoms with Crippen LogP contribution >= 0.6 is 12.6 Å². The molecule has 1 rings (SSSR count). The normalized spacial score (nSPS) is 23.4. The lowest BCUT2D eigenvalue weighted by atomic mass is 10.5. The molecule has 1 heteroatoms. The zero-order chi connectivity index (χ0) is 3.70. The molecule has 0 bridgehead atoms. The second kappa shape index (κ2) is 1.21. The zero-order valence-corrected chi connectivity index (χ0v) is 4.04. The molecule has 30 valence electrons. The topological polar surface area (TPSA) is 0 Å². The Morgan fingerprint density at radius 1 is 1.60 bits per heavy atom. The zero-order valence-electron chi connectivity index (χ0n) is 3.15. The van der Waals surface area contributed by atoms with Gasteiger partial charge in [0.1, 0.15) is 0 Å². The molecule has 0 aromatic heterocycles. The number of hydrogen-bond acceptors (Lipinski definition) is 1. The maximum atomic E-state index is 4.08. The van der Waals surface area contributed by atoms with E-state index in [9.17, 15) is 0 Å². The van der Waals surface area contributed by atoms with Gasteiger partial charge in [0.2, 0.25) is 0 Å². The molecule has 1 aliphatic rings. The maximum absolute atomic E-state index is 4.08. The highest BCUT2D eigenvalue weighted by molar-refractivity contribution is 7.80. The lowest BCUT2D eigenvalue weighted by Crippen LogP contribution is -1.67. The van der Waals surface area contributed by atoms with Crippen LogP contribution < -0.4 is 0 Å². The Labute approximate surface area is 38.0 Å². The van der Waals surface area contributed by atoms with Gasteiger partial charge in [0.05, 0.1) is 0 Å². The minimum Gasteiger partial charge on any atom is -0.179 e. The van der Waals surface area contributed by atoms with Crippen LogP contribution in [0.5, 0.6) is 0 Å². The summed E-state index contributed by atoms with van der Waals surface area (Å²) in [7, 11) is 0. The van der Waals surface area contributed by atoms with Crippen LogP contribution in [0.2, 0.25) is 0 Å². The van der Waals surface area contributed by atoms with Crippen molar-refractivity contribution in [2.75, 3.05) is 5.75 Å². The van der Waals surface area contributed by atoms with Gasteiger partial charge in [-0.15, -0.1) is 0 Å². The van der Waals surface area contributed by atoms with Crippen LogP contribution in [0, 0.1) is 5.92 Å². The van der Waals surface area contributed by atoms with Crippen molar-refractivity contribution in [2.45, 2.75) is 12.8 Å². The average Bonchev–Trinajstić information content (AvgIpc) is 2.12.